The average molecular weight is 349 g/mol. The lowest BCUT2D eigenvalue weighted by atomic mass is 9.95. The third-order valence-electron chi connectivity index (χ3n) is 3.84. The first-order valence-electron chi connectivity index (χ1n) is 7.88. The van der Waals surface area contributed by atoms with Gasteiger partial charge in [0, 0.05) is 32.2 Å². The molecule has 0 aromatic heterocycles. The fourth-order valence-corrected chi connectivity index (χ4v) is 2.91. The van der Waals surface area contributed by atoms with Crippen molar-refractivity contribution in [3.05, 3.63) is 29.8 Å². The smallest absolute Gasteiger partial charge is 0.119 e. The predicted octanol–water partition coefficient (Wildman–Crippen LogP) is 3.92. The Kier molecular flexibility index (Phi) is 10.9. The van der Waals surface area contributed by atoms with Gasteiger partial charge in [-0.2, -0.15) is 0 Å². The summed E-state index contributed by atoms with van der Waals surface area (Å²) in [5, 5.41) is 3.44. The molecule has 1 aliphatic rings. The largest absolute Gasteiger partial charge is 0.494 e. The van der Waals surface area contributed by atoms with Crippen LogP contribution < -0.4 is 10.1 Å². The molecular weight excluding hydrogens is 319 g/mol. The second kappa shape index (κ2) is 11.1. The molecule has 128 valence electrons. The lowest BCUT2D eigenvalue weighted by Crippen LogP contribution is -2.45. The Hall–Kier alpha value is -0.480. The molecule has 1 saturated heterocycles. The highest BCUT2D eigenvalue weighted by Crippen LogP contribution is 2.30. The molecule has 1 aromatic carbocycles. The van der Waals surface area contributed by atoms with Crippen LogP contribution in [0.4, 0.5) is 0 Å². The van der Waals surface area contributed by atoms with Crippen molar-refractivity contribution in [1.82, 2.24) is 10.2 Å². The van der Waals surface area contributed by atoms with E-state index < -0.39 is 0 Å². The van der Waals surface area contributed by atoms with Gasteiger partial charge in [-0.15, -0.1) is 24.8 Å². The van der Waals surface area contributed by atoms with E-state index >= 15 is 0 Å². The summed E-state index contributed by atoms with van der Waals surface area (Å²) in [6.45, 7) is 11.8. The standard InChI is InChI=1S/C17H28N2O.2ClH/c1-4-20-16-7-5-6-15(13-16)17(12-14(2)3)19-10-8-18-9-11-19;;/h5-7,13-14,17-18H,4,8-12H2,1-3H3;2*1H/t17-;;/m1../s1. The van der Waals surface area contributed by atoms with E-state index in [1.807, 2.05) is 6.92 Å². The first kappa shape index (κ1) is 21.5. The van der Waals surface area contributed by atoms with Gasteiger partial charge in [-0.1, -0.05) is 26.0 Å². The summed E-state index contributed by atoms with van der Waals surface area (Å²) in [7, 11) is 0. The molecular formula is C17H30Cl2N2O. The molecule has 22 heavy (non-hydrogen) atoms. The highest BCUT2D eigenvalue weighted by Gasteiger charge is 2.23. The molecule has 2 rings (SSSR count). The SMILES string of the molecule is CCOc1cccc([C@@H](CC(C)C)N2CCNCC2)c1.Cl.Cl. The Labute approximate surface area is 147 Å². The first-order chi connectivity index (χ1) is 9.70. The zero-order valence-corrected chi connectivity index (χ0v) is 15.5. The van der Waals surface area contributed by atoms with E-state index in [1.54, 1.807) is 0 Å². The highest BCUT2D eigenvalue weighted by atomic mass is 35.5. The average Bonchev–Trinajstić information content (AvgIpc) is 2.46. The molecule has 1 heterocycles. The van der Waals surface area contributed by atoms with E-state index in [2.05, 4.69) is 48.3 Å². The topological polar surface area (TPSA) is 24.5 Å². The number of nitrogens with one attached hydrogen (secondary N) is 1. The molecule has 0 saturated carbocycles. The van der Waals surface area contributed by atoms with Gasteiger partial charge < -0.3 is 10.1 Å². The van der Waals surface area contributed by atoms with Gasteiger partial charge in [0.1, 0.15) is 5.75 Å². The molecule has 1 N–H and O–H groups in total. The molecule has 1 aliphatic heterocycles. The molecule has 1 aromatic rings. The lowest BCUT2D eigenvalue weighted by molar-refractivity contribution is 0.154. The fraction of sp³-hybridized carbons (Fsp3) is 0.647. The number of halogens is 2. The second-order valence-electron chi connectivity index (χ2n) is 5.94. The maximum absolute atomic E-state index is 5.66. The zero-order chi connectivity index (χ0) is 14.4. The van der Waals surface area contributed by atoms with Crippen molar-refractivity contribution in [3.8, 4) is 5.75 Å². The quantitative estimate of drug-likeness (QED) is 0.842. The fourth-order valence-electron chi connectivity index (χ4n) is 2.91. The molecule has 0 radical (unpaired) electrons. The maximum Gasteiger partial charge on any atom is 0.119 e. The van der Waals surface area contributed by atoms with Gasteiger partial charge in [0.05, 0.1) is 6.61 Å². The Morgan fingerprint density at radius 2 is 1.86 bits per heavy atom. The maximum atomic E-state index is 5.66. The van der Waals surface area contributed by atoms with E-state index in [1.165, 1.54) is 12.0 Å². The minimum absolute atomic E-state index is 0. The third kappa shape index (κ3) is 6.33. The minimum Gasteiger partial charge on any atom is -0.494 e. The van der Waals surface area contributed by atoms with E-state index in [9.17, 15) is 0 Å². The van der Waals surface area contributed by atoms with Gasteiger partial charge in [-0.3, -0.25) is 4.90 Å². The normalized spacial score (nSPS) is 16.5. The van der Waals surface area contributed by atoms with Crippen LogP contribution in [0.15, 0.2) is 24.3 Å². The number of piperazine rings is 1. The minimum atomic E-state index is 0. The van der Waals surface area contributed by atoms with Crippen LogP contribution in [0, 0.1) is 5.92 Å². The van der Waals surface area contributed by atoms with Crippen molar-refractivity contribution < 1.29 is 4.74 Å². The Balaban J connectivity index is 0.00000220. The summed E-state index contributed by atoms with van der Waals surface area (Å²) in [6.07, 6.45) is 1.20. The van der Waals surface area contributed by atoms with Crippen molar-refractivity contribution in [1.29, 1.82) is 0 Å². The van der Waals surface area contributed by atoms with Gasteiger partial charge in [-0.05, 0) is 37.0 Å². The van der Waals surface area contributed by atoms with Crippen LogP contribution in [-0.2, 0) is 0 Å². The van der Waals surface area contributed by atoms with Gasteiger partial charge in [0.15, 0.2) is 0 Å². The highest BCUT2D eigenvalue weighted by molar-refractivity contribution is 5.85. The Bertz CT molecular complexity index is 409. The predicted molar refractivity (Wildman–Crippen MR) is 98.7 cm³/mol. The van der Waals surface area contributed by atoms with Crippen molar-refractivity contribution in [3.63, 3.8) is 0 Å². The summed E-state index contributed by atoms with van der Waals surface area (Å²) in [5.74, 6) is 1.69. The molecule has 0 spiro atoms. The van der Waals surface area contributed by atoms with Crippen LogP contribution in [-0.4, -0.2) is 37.7 Å². The van der Waals surface area contributed by atoms with E-state index in [0.29, 0.717) is 12.0 Å². The van der Waals surface area contributed by atoms with Crippen molar-refractivity contribution in [2.45, 2.75) is 33.2 Å². The van der Waals surface area contributed by atoms with Crippen LogP contribution in [0.25, 0.3) is 0 Å². The molecule has 0 unspecified atom stereocenters. The summed E-state index contributed by atoms with van der Waals surface area (Å²) in [6, 6.07) is 9.15. The number of hydrogen-bond acceptors (Lipinski definition) is 3. The van der Waals surface area contributed by atoms with Crippen molar-refractivity contribution >= 4 is 24.8 Å². The number of rotatable bonds is 6. The van der Waals surface area contributed by atoms with Crippen molar-refractivity contribution in [2.24, 2.45) is 5.92 Å². The van der Waals surface area contributed by atoms with Crippen LogP contribution >= 0.6 is 24.8 Å². The third-order valence-corrected chi connectivity index (χ3v) is 3.84. The Morgan fingerprint density at radius 1 is 1.18 bits per heavy atom. The van der Waals surface area contributed by atoms with E-state index in [4.69, 9.17) is 4.74 Å². The van der Waals surface area contributed by atoms with Crippen LogP contribution in [0.5, 0.6) is 5.75 Å². The zero-order valence-electron chi connectivity index (χ0n) is 13.9. The number of benzene rings is 1. The molecule has 1 atom stereocenters. The molecule has 0 bridgehead atoms. The molecule has 5 heteroatoms. The van der Waals surface area contributed by atoms with E-state index in [0.717, 1.165) is 38.5 Å². The first-order valence-corrected chi connectivity index (χ1v) is 7.88. The molecule has 3 nitrogen and oxygen atoms in total. The second-order valence-corrected chi connectivity index (χ2v) is 5.94. The lowest BCUT2D eigenvalue weighted by Gasteiger charge is -2.36. The summed E-state index contributed by atoms with van der Waals surface area (Å²) < 4.78 is 5.66. The number of ether oxygens (including phenoxy) is 1. The van der Waals surface area contributed by atoms with Gasteiger partial charge >= 0.3 is 0 Å². The monoisotopic (exact) mass is 348 g/mol. The summed E-state index contributed by atoms with van der Waals surface area (Å²) in [4.78, 5) is 2.61. The van der Waals surface area contributed by atoms with Crippen molar-refractivity contribution in [2.75, 3.05) is 32.8 Å². The molecule has 0 aliphatic carbocycles. The Morgan fingerprint density at radius 3 is 2.45 bits per heavy atom. The summed E-state index contributed by atoms with van der Waals surface area (Å²) in [5.41, 5.74) is 1.39. The van der Waals surface area contributed by atoms with Gasteiger partial charge in [0.25, 0.3) is 0 Å². The van der Waals surface area contributed by atoms with E-state index in [-0.39, 0.29) is 24.8 Å². The van der Waals surface area contributed by atoms with Gasteiger partial charge in [0.2, 0.25) is 0 Å². The number of nitrogens with zero attached hydrogens (tertiary/aromatic N) is 1. The van der Waals surface area contributed by atoms with Crippen LogP contribution in [0.2, 0.25) is 0 Å². The van der Waals surface area contributed by atoms with Gasteiger partial charge in [-0.25, -0.2) is 0 Å². The van der Waals surface area contributed by atoms with Crippen LogP contribution in [0.3, 0.4) is 0 Å². The van der Waals surface area contributed by atoms with Crippen LogP contribution in [0.1, 0.15) is 38.8 Å². The molecule has 1 fully saturated rings. The molecule has 0 amide bonds. The summed E-state index contributed by atoms with van der Waals surface area (Å²) >= 11 is 0. The number of hydrogen-bond donors (Lipinski definition) is 1.